The van der Waals surface area contributed by atoms with E-state index < -0.39 is 22.8 Å². The molecule has 0 spiro atoms. The largest absolute Gasteiger partial charge is 0.423 e. The Bertz CT molecular complexity index is 1590. The second-order valence-corrected chi connectivity index (χ2v) is 8.34. The lowest BCUT2D eigenvalue weighted by Gasteiger charge is -2.13. The van der Waals surface area contributed by atoms with E-state index in [4.69, 9.17) is 27.6 Å². The Labute approximate surface area is 210 Å². The molecule has 36 heavy (non-hydrogen) atoms. The zero-order valence-corrected chi connectivity index (χ0v) is 19.3. The Morgan fingerprint density at radius 1 is 0.944 bits per heavy atom. The number of hydrogen-bond donors (Lipinski definition) is 3. The van der Waals surface area contributed by atoms with Crippen molar-refractivity contribution >= 4 is 51.6 Å². The molecule has 3 N–H and O–H groups in total. The molecule has 0 aliphatic carbocycles. The molecule has 0 aliphatic heterocycles. The van der Waals surface area contributed by atoms with Crippen molar-refractivity contribution in [3.05, 3.63) is 76.6 Å². The average molecular weight is 533 g/mol. The molecule has 0 saturated heterocycles. The molecule has 0 atom stereocenters. The van der Waals surface area contributed by atoms with Gasteiger partial charge < -0.3 is 20.0 Å². The predicted molar refractivity (Wildman–Crippen MR) is 129 cm³/mol. The summed E-state index contributed by atoms with van der Waals surface area (Å²) in [5.41, 5.74) is 1.75. The number of benzene rings is 3. The number of imidazole rings is 1. The number of nitrogens with zero attached hydrogens (tertiary/aromatic N) is 3. The SMILES string of the molecule is O=C(Nc1ccc(Cl)c(-c2nc3ccc(-c4nnco4)cc3[nH]2)c1)Nc1ccc(Cl)c(C(F)(F)F)c1. The zero-order chi connectivity index (χ0) is 25.4. The maximum Gasteiger partial charge on any atom is 0.417 e. The number of aromatic amines is 1. The minimum absolute atomic E-state index is 0.0762. The van der Waals surface area contributed by atoms with E-state index in [-0.39, 0.29) is 5.69 Å². The van der Waals surface area contributed by atoms with Crippen LogP contribution in [0.25, 0.3) is 33.9 Å². The van der Waals surface area contributed by atoms with Crippen LogP contribution in [0, 0.1) is 0 Å². The number of nitrogens with one attached hydrogen (secondary N) is 3. The van der Waals surface area contributed by atoms with E-state index in [1.165, 1.54) is 12.5 Å². The molecule has 5 aromatic rings. The summed E-state index contributed by atoms with van der Waals surface area (Å²) < 4.78 is 44.5. The summed E-state index contributed by atoms with van der Waals surface area (Å²) in [6.07, 6.45) is -3.43. The molecule has 0 unspecified atom stereocenters. The van der Waals surface area contributed by atoms with Crippen molar-refractivity contribution in [3.63, 3.8) is 0 Å². The van der Waals surface area contributed by atoms with Crippen molar-refractivity contribution in [3.8, 4) is 22.8 Å². The van der Waals surface area contributed by atoms with E-state index in [2.05, 4.69) is 30.8 Å². The Balaban J connectivity index is 1.37. The minimum Gasteiger partial charge on any atom is -0.423 e. The quantitative estimate of drug-likeness (QED) is 0.226. The van der Waals surface area contributed by atoms with Crippen LogP contribution in [0.1, 0.15) is 5.56 Å². The number of urea groups is 1. The third kappa shape index (κ3) is 4.83. The highest BCUT2D eigenvalue weighted by Gasteiger charge is 2.33. The van der Waals surface area contributed by atoms with Gasteiger partial charge in [-0.2, -0.15) is 13.2 Å². The van der Waals surface area contributed by atoms with Crippen LogP contribution in [0.4, 0.5) is 29.3 Å². The van der Waals surface area contributed by atoms with Gasteiger partial charge in [-0.05, 0) is 54.6 Å². The number of amides is 2. The van der Waals surface area contributed by atoms with Gasteiger partial charge in [0.25, 0.3) is 0 Å². The van der Waals surface area contributed by atoms with Crippen molar-refractivity contribution < 1.29 is 22.4 Å². The molecule has 0 aliphatic rings. The first-order valence-electron chi connectivity index (χ1n) is 10.2. The molecular formula is C23H13Cl2F3N6O2. The Morgan fingerprint density at radius 3 is 2.36 bits per heavy atom. The summed E-state index contributed by atoms with van der Waals surface area (Å²) in [7, 11) is 0. The van der Waals surface area contributed by atoms with E-state index in [0.717, 1.165) is 12.1 Å². The van der Waals surface area contributed by atoms with Crippen LogP contribution < -0.4 is 10.6 Å². The van der Waals surface area contributed by atoms with E-state index >= 15 is 0 Å². The van der Waals surface area contributed by atoms with Gasteiger partial charge in [-0.25, -0.2) is 9.78 Å². The molecule has 2 aromatic heterocycles. The number of halogens is 5. The highest BCUT2D eigenvalue weighted by Crippen LogP contribution is 2.36. The summed E-state index contributed by atoms with van der Waals surface area (Å²) in [6, 6.07) is 12.4. The van der Waals surface area contributed by atoms with Crippen molar-refractivity contribution in [1.82, 2.24) is 20.2 Å². The molecule has 2 amide bonds. The van der Waals surface area contributed by atoms with Crippen LogP contribution in [0.2, 0.25) is 10.0 Å². The fourth-order valence-electron chi connectivity index (χ4n) is 3.47. The first-order valence-corrected chi connectivity index (χ1v) is 10.9. The molecule has 13 heteroatoms. The first-order chi connectivity index (χ1) is 17.2. The van der Waals surface area contributed by atoms with Gasteiger partial charge in [0.05, 0.1) is 26.6 Å². The lowest BCUT2D eigenvalue weighted by Crippen LogP contribution is -2.20. The zero-order valence-electron chi connectivity index (χ0n) is 17.8. The number of alkyl halides is 3. The molecule has 5 rings (SSSR count). The second kappa shape index (κ2) is 9.17. The molecule has 2 heterocycles. The first kappa shape index (κ1) is 23.6. The highest BCUT2D eigenvalue weighted by molar-refractivity contribution is 6.33. The number of rotatable bonds is 4. The maximum atomic E-state index is 13.1. The van der Waals surface area contributed by atoms with Crippen molar-refractivity contribution in [2.45, 2.75) is 6.18 Å². The van der Waals surface area contributed by atoms with Gasteiger partial charge in [0.1, 0.15) is 5.82 Å². The third-order valence-electron chi connectivity index (χ3n) is 5.10. The van der Waals surface area contributed by atoms with Gasteiger partial charge in [-0.3, -0.25) is 0 Å². The number of anilines is 2. The van der Waals surface area contributed by atoms with E-state index in [0.29, 0.717) is 44.6 Å². The number of H-pyrrole nitrogens is 1. The summed E-state index contributed by atoms with van der Waals surface area (Å²) >= 11 is 12.0. The van der Waals surface area contributed by atoms with Gasteiger partial charge in [-0.1, -0.05) is 23.2 Å². The summed E-state index contributed by atoms with van der Waals surface area (Å²) in [5, 5.41) is 12.4. The third-order valence-corrected chi connectivity index (χ3v) is 5.76. The summed E-state index contributed by atoms with van der Waals surface area (Å²) in [6.45, 7) is 0. The normalized spacial score (nSPS) is 11.6. The molecule has 8 nitrogen and oxygen atoms in total. The Morgan fingerprint density at radius 2 is 1.67 bits per heavy atom. The number of hydrogen-bond acceptors (Lipinski definition) is 5. The van der Waals surface area contributed by atoms with Gasteiger partial charge in [-0.15, -0.1) is 10.2 Å². The Kier molecular flexibility index (Phi) is 6.02. The minimum atomic E-state index is -4.66. The van der Waals surface area contributed by atoms with E-state index in [9.17, 15) is 18.0 Å². The van der Waals surface area contributed by atoms with Gasteiger partial charge >= 0.3 is 12.2 Å². The smallest absolute Gasteiger partial charge is 0.417 e. The van der Waals surface area contributed by atoms with Crippen molar-refractivity contribution in [2.75, 3.05) is 10.6 Å². The average Bonchev–Trinajstić information content (AvgIpc) is 3.50. The molecule has 0 saturated carbocycles. The monoisotopic (exact) mass is 532 g/mol. The number of carbonyl (C=O) groups is 1. The van der Waals surface area contributed by atoms with Crippen molar-refractivity contribution in [1.29, 1.82) is 0 Å². The standard InChI is InChI=1S/C23H13Cl2F3N6O2/c24-16-4-2-12(30-22(35)31-13-3-5-17(25)15(9-13)23(26,27)28)8-14(16)20-32-18-6-1-11(7-19(18)33-20)21-34-29-10-36-21/h1-10H,(H,32,33)(H2,30,31,35). The highest BCUT2D eigenvalue weighted by atomic mass is 35.5. The lowest BCUT2D eigenvalue weighted by molar-refractivity contribution is -0.137. The predicted octanol–water partition coefficient (Wildman–Crippen LogP) is 7.25. The van der Waals surface area contributed by atoms with E-state index in [1.54, 1.807) is 36.4 Å². The van der Waals surface area contributed by atoms with Gasteiger partial charge in [0, 0.05) is 22.5 Å². The van der Waals surface area contributed by atoms with E-state index in [1.807, 2.05) is 0 Å². The fourth-order valence-corrected chi connectivity index (χ4v) is 3.90. The van der Waals surface area contributed by atoms with Crippen LogP contribution in [-0.2, 0) is 6.18 Å². The summed E-state index contributed by atoms with van der Waals surface area (Å²) in [4.78, 5) is 20.1. The van der Waals surface area contributed by atoms with Crippen LogP contribution in [0.3, 0.4) is 0 Å². The van der Waals surface area contributed by atoms with Crippen LogP contribution >= 0.6 is 23.2 Å². The Hall–Kier alpha value is -4.09. The molecule has 0 fully saturated rings. The topological polar surface area (TPSA) is 109 Å². The molecule has 3 aromatic carbocycles. The summed E-state index contributed by atoms with van der Waals surface area (Å²) in [5.74, 6) is 0.792. The van der Waals surface area contributed by atoms with Crippen LogP contribution in [-0.4, -0.2) is 26.2 Å². The molecular weight excluding hydrogens is 520 g/mol. The lowest BCUT2D eigenvalue weighted by atomic mass is 10.2. The van der Waals surface area contributed by atoms with Gasteiger partial charge in [0.15, 0.2) is 0 Å². The number of fused-ring (bicyclic) bond motifs is 1. The van der Waals surface area contributed by atoms with Crippen LogP contribution in [0.5, 0.6) is 0 Å². The molecule has 0 bridgehead atoms. The molecule has 182 valence electrons. The number of carbonyl (C=O) groups excluding carboxylic acids is 1. The maximum absolute atomic E-state index is 13.1. The fraction of sp³-hybridized carbons (Fsp3) is 0.0435. The van der Waals surface area contributed by atoms with Gasteiger partial charge in [0.2, 0.25) is 12.3 Å². The van der Waals surface area contributed by atoms with Crippen LogP contribution in [0.15, 0.2) is 65.4 Å². The second-order valence-electron chi connectivity index (χ2n) is 7.53. The number of aromatic nitrogens is 4. The molecule has 0 radical (unpaired) electrons. The van der Waals surface area contributed by atoms with Crippen molar-refractivity contribution in [2.24, 2.45) is 0 Å².